The monoisotopic (exact) mass is 301 g/mol. The molecule has 8 heteroatoms. The predicted molar refractivity (Wildman–Crippen MR) is 71.7 cm³/mol. The van der Waals surface area contributed by atoms with Gasteiger partial charge in [0.2, 0.25) is 15.9 Å². The summed E-state index contributed by atoms with van der Waals surface area (Å²) in [7, 11) is -3.80. The van der Waals surface area contributed by atoms with Crippen LogP contribution in [-0.2, 0) is 14.8 Å². The Labute approximate surface area is 116 Å². The molecule has 1 aromatic rings. The molecule has 1 aliphatic carbocycles. The van der Waals surface area contributed by atoms with E-state index in [1.165, 1.54) is 12.1 Å². The fourth-order valence-corrected chi connectivity index (χ4v) is 2.66. The highest BCUT2D eigenvalue weighted by molar-refractivity contribution is 7.89. The number of anilines is 1. The van der Waals surface area contributed by atoms with Crippen LogP contribution in [0.3, 0.4) is 0 Å². The van der Waals surface area contributed by atoms with Crippen molar-refractivity contribution >= 4 is 21.6 Å². The minimum atomic E-state index is -3.80. The van der Waals surface area contributed by atoms with Crippen LogP contribution in [0.1, 0.15) is 12.8 Å². The van der Waals surface area contributed by atoms with Crippen molar-refractivity contribution in [3.8, 4) is 0 Å². The lowest BCUT2D eigenvalue weighted by Crippen LogP contribution is -2.35. The van der Waals surface area contributed by atoms with Gasteiger partial charge in [-0.05, 0) is 31.0 Å². The van der Waals surface area contributed by atoms with Crippen molar-refractivity contribution in [2.45, 2.75) is 17.7 Å². The predicted octanol–water partition coefficient (Wildman–Crippen LogP) is 0.212. The number of rotatable bonds is 6. The van der Waals surface area contributed by atoms with Crippen molar-refractivity contribution in [2.75, 3.05) is 18.8 Å². The Kier molecular flexibility index (Phi) is 4.24. The molecule has 1 saturated carbocycles. The molecule has 0 bridgehead atoms. The number of hydrogen-bond donors (Lipinski definition) is 3. The summed E-state index contributed by atoms with van der Waals surface area (Å²) >= 11 is 0. The number of benzene rings is 1. The van der Waals surface area contributed by atoms with Crippen LogP contribution in [0.5, 0.6) is 0 Å². The van der Waals surface area contributed by atoms with E-state index in [-0.39, 0.29) is 35.5 Å². The molecule has 0 unspecified atom stereocenters. The molecule has 1 fully saturated rings. The van der Waals surface area contributed by atoms with Crippen LogP contribution in [0.2, 0.25) is 0 Å². The fraction of sp³-hybridized carbons (Fsp3) is 0.417. The Morgan fingerprint density at radius 2 is 2.05 bits per heavy atom. The molecule has 20 heavy (non-hydrogen) atoms. The lowest BCUT2D eigenvalue weighted by atomic mass is 10.3. The number of carbonyl (C=O) groups is 1. The SMILES string of the molecule is Nc1ccc(S(=O)(=O)NCCNC(=O)C2CC2)cc1F. The summed E-state index contributed by atoms with van der Waals surface area (Å²) in [6.07, 6.45) is 1.78. The quantitative estimate of drug-likeness (QED) is 0.516. The van der Waals surface area contributed by atoms with Crippen molar-refractivity contribution in [2.24, 2.45) is 5.92 Å². The molecule has 0 aromatic heterocycles. The van der Waals surface area contributed by atoms with Gasteiger partial charge in [-0.3, -0.25) is 4.79 Å². The number of nitrogens with one attached hydrogen (secondary N) is 2. The van der Waals surface area contributed by atoms with Gasteiger partial charge < -0.3 is 11.1 Å². The summed E-state index contributed by atoms with van der Waals surface area (Å²) in [5, 5.41) is 2.63. The average Bonchev–Trinajstić information content (AvgIpc) is 3.22. The Bertz CT molecular complexity index is 614. The van der Waals surface area contributed by atoms with Crippen LogP contribution in [0.15, 0.2) is 23.1 Å². The number of nitrogen functional groups attached to an aromatic ring is 1. The van der Waals surface area contributed by atoms with E-state index in [1.807, 2.05) is 0 Å². The zero-order chi connectivity index (χ0) is 14.8. The molecule has 110 valence electrons. The molecule has 2 rings (SSSR count). The van der Waals surface area contributed by atoms with Crippen LogP contribution in [-0.4, -0.2) is 27.4 Å². The first-order valence-corrected chi connectivity index (χ1v) is 7.71. The van der Waals surface area contributed by atoms with Crippen LogP contribution in [0.25, 0.3) is 0 Å². The third-order valence-corrected chi connectivity index (χ3v) is 4.41. The average molecular weight is 301 g/mol. The van der Waals surface area contributed by atoms with E-state index in [0.717, 1.165) is 18.9 Å². The van der Waals surface area contributed by atoms with Gasteiger partial charge in [-0.2, -0.15) is 0 Å². The van der Waals surface area contributed by atoms with E-state index in [0.29, 0.717) is 0 Å². The summed E-state index contributed by atoms with van der Waals surface area (Å²) in [5.41, 5.74) is 5.17. The van der Waals surface area contributed by atoms with Crippen molar-refractivity contribution in [1.82, 2.24) is 10.0 Å². The molecule has 1 amide bonds. The Balaban J connectivity index is 1.86. The summed E-state index contributed by atoms with van der Waals surface area (Å²) in [6, 6.07) is 3.28. The van der Waals surface area contributed by atoms with Gasteiger partial charge in [0.25, 0.3) is 0 Å². The Morgan fingerprint density at radius 1 is 1.35 bits per heavy atom. The second-order valence-electron chi connectivity index (χ2n) is 4.65. The lowest BCUT2D eigenvalue weighted by Gasteiger charge is -2.08. The topological polar surface area (TPSA) is 101 Å². The number of amides is 1. The zero-order valence-electron chi connectivity index (χ0n) is 10.7. The fourth-order valence-electron chi connectivity index (χ4n) is 1.62. The van der Waals surface area contributed by atoms with Gasteiger partial charge in [-0.1, -0.05) is 0 Å². The minimum Gasteiger partial charge on any atom is -0.396 e. The number of halogens is 1. The zero-order valence-corrected chi connectivity index (χ0v) is 11.5. The van der Waals surface area contributed by atoms with E-state index < -0.39 is 15.8 Å². The maximum atomic E-state index is 13.2. The molecular weight excluding hydrogens is 285 g/mol. The molecule has 4 N–H and O–H groups in total. The number of sulfonamides is 1. The smallest absolute Gasteiger partial charge is 0.240 e. The highest BCUT2D eigenvalue weighted by Crippen LogP contribution is 2.28. The number of carbonyl (C=O) groups excluding carboxylic acids is 1. The third kappa shape index (κ3) is 3.67. The standard InChI is InChI=1S/C12H16FN3O3S/c13-10-7-9(3-4-11(10)14)20(18,19)16-6-5-15-12(17)8-1-2-8/h3-4,7-8,16H,1-2,5-6,14H2,(H,15,17). The number of hydrogen-bond acceptors (Lipinski definition) is 4. The third-order valence-electron chi connectivity index (χ3n) is 2.95. The summed E-state index contributed by atoms with van der Waals surface area (Å²) in [4.78, 5) is 11.1. The van der Waals surface area contributed by atoms with Crippen molar-refractivity contribution < 1.29 is 17.6 Å². The van der Waals surface area contributed by atoms with Crippen LogP contribution in [0.4, 0.5) is 10.1 Å². The highest BCUT2D eigenvalue weighted by atomic mass is 32.2. The molecule has 6 nitrogen and oxygen atoms in total. The Morgan fingerprint density at radius 3 is 2.65 bits per heavy atom. The first-order chi connectivity index (χ1) is 9.40. The molecular formula is C12H16FN3O3S. The van der Waals surface area contributed by atoms with E-state index in [9.17, 15) is 17.6 Å². The highest BCUT2D eigenvalue weighted by Gasteiger charge is 2.29. The number of nitrogens with two attached hydrogens (primary N) is 1. The van der Waals surface area contributed by atoms with E-state index in [1.54, 1.807) is 0 Å². The first-order valence-electron chi connectivity index (χ1n) is 6.22. The van der Waals surface area contributed by atoms with Gasteiger partial charge in [0, 0.05) is 19.0 Å². The van der Waals surface area contributed by atoms with E-state index in [4.69, 9.17) is 5.73 Å². The molecule has 0 spiro atoms. The maximum Gasteiger partial charge on any atom is 0.240 e. The minimum absolute atomic E-state index is 0.0484. The van der Waals surface area contributed by atoms with E-state index >= 15 is 0 Å². The second-order valence-corrected chi connectivity index (χ2v) is 6.41. The van der Waals surface area contributed by atoms with Gasteiger partial charge in [-0.15, -0.1) is 0 Å². The van der Waals surface area contributed by atoms with Gasteiger partial charge in [-0.25, -0.2) is 17.5 Å². The van der Waals surface area contributed by atoms with Crippen LogP contribution in [0, 0.1) is 11.7 Å². The molecule has 0 aliphatic heterocycles. The van der Waals surface area contributed by atoms with E-state index in [2.05, 4.69) is 10.0 Å². The van der Waals surface area contributed by atoms with Crippen molar-refractivity contribution in [1.29, 1.82) is 0 Å². The lowest BCUT2D eigenvalue weighted by molar-refractivity contribution is -0.122. The summed E-state index contributed by atoms with van der Waals surface area (Å²) in [6.45, 7) is 0.249. The van der Waals surface area contributed by atoms with Crippen molar-refractivity contribution in [3.63, 3.8) is 0 Å². The molecule has 0 atom stereocenters. The second kappa shape index (κ2) is 5.76. The van der Waals surface area contributed by atoms with Gasteiger partial charge in [0.05, 0.1) is 10.6 Å². The molecule has 0 radical (unpaired) electrons. The molecule has 0 saturated heterocycles. The van der Waals surface area contributed by atoms with Crippen molar-refractivity contribution in [3.05, 3.63) is 24.0 Å². The Hall–Kier alpha value is -1.67. The van der Waals surface area contributed by atoms with Gasteiger partial charge in [0.1, 0.15) is 5.82 Å². The summed E-state index contributed by atoms with van der Waals surface area (Å²) < 4.78 is 39.2. The molecule has 0 heterocycles. The summed E-state index contributed by atoms with van der Waals surface area (Å²) in [5.74, 6) is -0.754. The van der Waals surface area contributed by atoms with Crippen LogP contribution >= 0.6 is 0 Å². The molecule has 1 aliphatic rings. The van der Waals surface area contributed by atoms with Crippen LogP contribution < -0.4 is 15.8 Å². The normalized spacial score (nSPS) is 15.1. The van der Waals surface area contributed by atoms with Gasteiger partial charge >= 0.3 is 0 Å². The molecule has 1 aromatic carbocycles. The maximum absolute atomic E-state index is 13.2. The van der Waals surface area contributed by atoms with Gasteiger partial charge in [0.15, 0.2) is 0 Å². The largest absolute Gasteiger partial charge is 0.396 e. The first kappa shape index (κ1) is 14.7.